The van der Waals surface area contributed by atoms with Crippen molar-refractivity contribution in [2.24, 2.45) is 0 Å². The van der Waals surface area contributed by atoms with E-state index in [4.69, 9.17) is 14.2 Å². The summed E-state index contributed by atoms with van der Waals surface area (Å²) < 4.78 is 14.4. The van der Waals surface area contributed by atoms with Crippen molar-refractivity contribution in [2.75, 3.05) is 6.61 Å². The topological polar surface area (TPSA) is 190 Å². The number of aliphatic hydroxyl groups excluding tert-OH is 8. The van der Waals surface area contributed by atoms with Gasteiger partial charge >= 0.3 is 0 Å². The van der Waals surface area contributed by atoms with E-state index in [1.807, 2.05) is 0 Å². The Morgan fingerprint density at radius 2 is 1.43 bits per heavy atom. The van der Waals surface area contributed by atoms with E-state index in [-0.39, 0.29) is 0 Å². The molecule has 0 aromatic carbocycles. The fourth-order valence-corrected chi connectivity index (χ4v) is 2.15. The monoisotopic (exact) mass is 314 g/mol. The van der Waals surface area contributed by atoms with Crippen molar-refractivity contribution in [3.05, 3.63) is 0 Å². The van der Waals surface area contributed by atoms with Crippen LogP contribution in [-0.4, -0.2) is 103 Å². The van der Waals surface area contributed by atoms with Crippen molar-refractivity contribution < 1.29 is 55.1 Å². The average Bonchev–Trinajstić information content (AvgIpc) is 2.67. The van der Waals surface area contributed by atoms with Crippen LogP contribution in [0.2, 0.25) is 0 Å². The van der Waals surface area contributed by atoms with Gasteiger partial charge < -0.3 is 55.1 Å². The predicted molar refractivity (Wildman–Crippen MR) is 58.9 cm³/mol. The van der Waals surface area contributed by atoms with Crippen molar-refractivity contribution in [2.45, 2.75) is 55.2 Å². The molecule has 0 amide bonds. The molecular formula is C10H18O11. The molecule has 124 valence electrons. The second kappa shape index (κ2) is 5.98. The Balaban J connectivity index is 2.15. The maximum atomic E-state index is 9.75. The molecule has 0 bridgehead atoms. The van der Waals surface area contributed by atoms with Crippen LogP contribution in [0.4, 0.5) is 0 Å². The maximum Gasteiger partial charge on any atom is 0.226 e. The lowest BCUT2D eigenvalue weighted by Crippen LogP contribution is -2.62. The van der Waals surface area contributed by atoms with Crippen LogP contribution in [0.1, 0.15) is 0 Å². The van der Waals surface area contributed by atoms with Crippen molar-refractivity contribution in [3.8, 4) is 0 Å². The maximum absolute atomic E-state index is 9.75. The second-order valence-electron chi connectivity index (χ2n) is 4.90. The molecule has 0 aromatic heterocycles. The first-order chi connectivity index (χ1) is 9.73. The summed E-state index contributed by atoms with van der Waals surface area (Å²) in [6.07, 6.45) is -14.7. The van der Waals surface area contributed by atoms with E-state index >= 15 is 0 Å². The van der Waals surface area contributed by atoms with E-state index in [0.29, 0.717) is 0 Å². The first-order valence-corrected chi connectivity index (χ1v) is 6.12. The Bertz CT molecular complexity index is 367. The van der Waals surface area contributed by atoms with Gasteiger partial charge in [-0.3, -0.25) is 0 Å². The summed E-state index contributed by atoms with van der Waals surface area (Å²) in [5.74, 6) is -2.34. The first kappa shape index (κ1) is 16.9. The molecule has 0 aliphatic carbocycles. The van der Waals surface area contributed by atoms with Crippen LogP contribution in [0.3, 0.4) is 0 Å². The van der Waals surface area contributed by atoms with E-state index < -0.39 is 61.8 Å². The molecule has 1 unspecified atom stereocenters. The Morgan fingerprint density at radius 1 is 0.810 bits per heavy atom. The van der Waals surface area contributed by atoms with Gasteiger partial charge in [-0.2, -0.15) is 0 Å². The van der Waals surface area contributed by atoms with Crippen molar-refractivity contribution >= 4 is 0 Å². The Kier molecular flexibility index (Phi) is 4.82. The van der Waals surface area contributed by atoms with Gasteiger partial charge in [0.2, 0.25) is 5.79 Å². The molecule has 11 heteroatoms. The van der Waals surface area contributed by atoms with Gasteiger partial charge in [0.1, 0.15) is 37.1 Å². The Labute approximate surface area is 118 Å². The third-order valence-corrected chi connectivity index (χ3v) is 3.47. The number of aliphatic hydroxyl groups is 8. The molecule has 0 aromatic rings. The van der Waals surface area contributed by atoms with Gasteiger partial charge in [-0.05, 0) is 0 Å². The molecule has 2 saturated heterocycles. The molecular weight excluding hydrogens is 296 g/mol. The number of hydrogen-bond acceptors (Lipinski definition) is 11. The molecule has 11 nitrogen and oxygen atoms in total. The zero-order valence-electron chi connectivity index (χ0n) is 10.6. The summed E-state index contributed by atoms with van der Waals surface area (Å²) in [5, 5.41) is 75.6. The average molecular weight is 314 g/mol. The minimum Gasteiger partial charge on any atom is -0.391 e. The van der Waals surface area contributed by atoms with Crippen LogP contribution in [0, 0.1) is 0 Å². The fourth-order valence-electron chi connectivity index (χ4n) is 2.15. The van der Waals surface area contributed by atoms with Crippen LogP contribution in [0.25, 0.3) is 0 Å². The zero-order valence-corrected chi connectivity index (χ0v) is 10.6. The molecule has 0 radical (unpaired) electrons. The van der Waals surface area contributed by atoms with Gasteiger partial charge in [0.15, 0.2) is 18.9 Å². The molecule has 0 spiro atoms. The van der Waals surface area contributed by atoms with Crippen LogP contribution in [0.15, 0.2) is 0 Å². The van der Waals surface area contributed by atoms with Gasteiger partial charge in [-0.1, -0.05) is 0 Å². The highest BCUT2D eigenvalue weighted by Crippen LogP contribution is 2.34. The zero-order chi connectivity index (χ0) is 15.9. The first-order valence-electron chi connectivity index (χ1n) is 6.12. The van der Waals surface area contributed by atoms with Crippen molar-refractivity contribution in [1.82, 2.24) is 0 Å². The van der Waals surface area contributed by atoms with E-state index in [9.17, 15) is 40.9 Å². The summed E-state index contributed by atoms with van der Waals surface area (Å²) in [6.45, 7) is -1.04. The molecule has 8 N–H and O–H groups in total. The molecule has 9 atom stereocenters. The highest BCUT2D eigenvalue weighted by atomic mass is 16.8. The van der Waals surface area contributed by atoms with Gasteiger partial charge in [0, 0.05) is 0 Å². The van der Waals surface area contributed by atoms with E-state index in [2.05, 4.69) is 0 Å². The van der Waals surface area contributed by atoms with Gasteiger partial charge in [-0.15, -0.1) is 0 Å². The van der Waals surface area contributed by atoms with Crippen molar-refractivity contribution in [3.63, 3.8) is 0 Å². The highest BCUT2D eigenvalue weighted by molar-refractivity contribution is 4.95. The lowest BCUT2D eigenvalue weighted by Gasteiger charge is -2.41. The molecule has 21 heavy (non-hydrogen) atoms. The van der Waals surface area contributed by atoms with E-state index in [0.717, 1.165) is 0 Å². The molecule has 2 rings (SSSR count). The van der Waals surface area contributed by atoms with Crippen LogP contribution >= 0.6 is 0 Å². The Hall–Kier alpha value is -0.440. The minimum absolute atomic E-state index is 1.04. The van der Waals surface area contributed by atoms with Crippen LogP contribution in [0.5, 0.6) is 0 Å². The summed E-state index contributed by atoms with van der Waals surface area (Å²) in [5.41, 5.74) is 0. The third-order valence-electron chi connectivity index (χ3n) is 3.47. The van der Waals surface area contributed by atoms with Gasteiger partial charge in [0.05, 0.1) is 0 Å². The number of ether oxygens (including phenoxy) is 3. The second-order valence-corrected chi connectivity index (χ2v) is 4.90. The van der Waals surface area contributed by atoms with Crippen LogP contribution < -0.4 is 0 Å². The summed E-state index contributed by atoms with van der Waals surface area (Å²) in [6, 6.07) is 0. The Morgan fingerprint density at radius 3 is 1.90 bits per heavy atom. The lowest BCUT2D eigenvalue weighted by molar-refractivity contribution is -0.406. The standard InChI is InChI=1S/C10H18O11/c11-1-10(6(16)5(15)8(18)20-10)21-9-4(14)2(12)3(13)7(17)19-9/h2-9,11-18H,1H2/t2-,3-,4+,5-,6-,7-,8-,9?,10-/m0/s1. The largest absolute Gasteiger partial charge is 0.391 e. The van der Waals surface area contributed by atoms with Gasteiger partial charge in [-0.25, -0.2) is 0 Å². The number of rotatable bonds is 3. The van der Waals surface area contributed by atoms with E-state index in [1.54, 1.807) is 0 Å². The molecule has 2 heterocycles. The number of hydrogen-bond donors (Lipinski definition) is 8. The highest BCUT2D eigenvalue weighted by Gasteiger charge is 2.58. The summed E-state index contributed by atoms with van der Waals surface area (Å²) in [4.78, 5) is 0. The smallest absolute Gasteiger partial charge is 0.226 e. The van der Waals surface area contributed by atoms with Crippen LogP contribution in [-0.2, 0) is 14.2 Å². The molecule has 2 aliphatic heterocycles. The minimum atomic E-state index is -2.34. The van der Waals surface area contributed by atoms with Crippen molar-refractivity contribution in [1.29, 1.82) is 0 Å². The van der Waals surface area contributed by atoms with Gasteiger partial charge in [0.25, 0.3) is 0 Å². The quantitative estimate of drug-likeness (QED) is 0.248. The molecule has 2 aliphatic rings. The summed E-state index contributed by atoms with van der Waals surface area (Å²) >= 11 is 0. The normalized spacial score (nSPS) is 54.9. The summed E-state index contributed by atoms with van der Waals surface area (Å²) in [7, 11) is 0. The SMILES string of the molecule is OC[C@@]1(OC2O[C@H](O)[C@@H](O)[C@H](O)[C@H]2O)O[C@H](O)[C@@H](O)[C@@H]1O. The fraction of sp³-hybridized carbons (Fsp3) is 1.00. The molecule has 0 saturated carbocycles. The molecule has 2 fully saturated rings. The lowest BCUT2D eigenvalue weighted by atomic mass is 10.0. The van der Waals surface area contributed by atoms with E-state index in [1.165, 1.54) is 0 Å². The predicted octanol–water partition coefficient (Wildman–Crippen LogP) is -5.48. The third kappa shape index (κ3) is 2.78.